The van der Waals surface area contributed by atoms with Gasteiger partial charge in [-0.25, -0.2) is 4.79 Å². The van der Waals surface area contributed by atoms with Crippen molar-refractivity contribution in [3.05, 3.63) is 0 Å². The van der Waals surface area contributed by atoms with Crippen LogP contribution in [-0.4, -0.2) is 65.8 Å². The maximum atomic E-state index is 12.6. The van der Waals surface area contributed by atoms with Crippen LogP contribution in [0.1, 0.15) is 46.5 Å². The minimum Gasteiger partial charge on any atom is -0.469 e. The van der Waals surface area contributed by atoms with Crippen molar-refractivity contribution in [3.8, 4) is 0 Å². The number of methoxy groups -OCH3 is 1. The third-order valence-electron chi connectivity index (χ3n) is 4.09. The number of nitrogens with one attached hydrogen (secondary N) is 2. The number of likely N-dealkylation sites (N-methyl/N-ethyl adjacent to an activating group) is 1. The number of ether oxygens (including phenoxy) is 1. The van der Waals surface area contributed by atoms with Crippen LogP contribution in [-0.2, 0) is 19.1 Å². The minimum absolute atomic E-state index is 0.0252. The lowest BCUT2D eigenvalue weighted by molar-refractivity contribution is -0.157. The quantitative estimate of drug-likeness (QED) is 0.250. The molecular formula is C18H33N3O6S. The maximum Gasteiger partial charge on any atom is 0.349 e. The summed E-state index contributed by atoms with van der Waals surface area (Å²) in [6.07, 6.45) is 1.21. The summed E-state index contributed by atoms with van der Waals surface area (Å²) in [5, 5.41) is 14.8. The van der Waals surface area contributed by atoms with Gasteiger partial charge in [-0.1, -0.05) is 27.2 Å². The van der Waals surface area contributed by atoms with Gasteiger partial charge in [-0.05, 0) is 24.5 Å². The Morgan fingerprint density at radius 1 is 1.14 bits per heavy atom. The van der Waals surface area contributed by atoms with Gasteiger partial charge < -0.3 is 15.4 Å². The van der Waals surface area contributed by atoms with Gasteiger partial charge in [0.05, 0.1) is 7.11 Å². The first kappa shape index (κ1) is 26.2. The SMILES string of the molecule is CCSC[C@@H](CCC(C)C)C(=O)N(O)C(=O)N[C@@H](CCC(=O)OC)C(=O)NC. The third kappa shape index (κ3) is 9.93. The Morgan fingerprint density at radius 2 is 1.79 bits per heavy atom. The van der Waals surface area contributed by atoms with Crippen LogP contribution in [0.25, 0.3) is 0 Å². The molecule has 0 unspecified atom stereocenters. The zero-order valence-electron chi connectivity index (χ0n) is 17.3. The molecule has 28 heavy (non-hydrogen) atoms. The van der Waals surface area contributed by atoms with E-state index in [1.807, 2.05) is 20.8 Å². The third-order valence-corrected chi connectivity index (χ3v) is 5.14. The molecule has 0 aromatic carbocycles. The second kappa shape index (κ2) is 14.2. The van der Waals surface area contributed by atoms with Crippen LogP contribution in [0.15, 0.2) is 0 Å². The van der Waals surface area contributed by atoms with Gasteiger partial charge in [0.25, 0.3) is 5.91 Å². The van der Waals surface area contributed by atoms with Crippen LogP contribution in [0.3, 0.4) is 0 Å². The normalized spacial score (nSPS) is 12.8. The molecule has 0 aliphatic heterocycles. The monoisotopic (exact) mass is 419 g/mol. The second-order valence-corrected chi connectivity index (χ2v) is 8.03. The van der Waals surface area contributed by atoms with Gasteiger partial charge in [0.1, 0.15) is 6.04 Å². The van der Waals surface area contributed by atoms with Gasteiger partial charge in [-0.3, -0.25) is 19.6 Å². The maximum absolute atomic E-state index is 12.6. The van der Waals surface area contributed by atoms with Gasteiger partial charge in [0.15, 0.2) is 0 Å². The van der Waals surface area contributed by atoms with Crippen LogP contribution in [0.4, 0.5) is 4.79 Å². The Balaban J connectivity index is 5.03. The molecule has 0 heterocycles. The summed E-state index contributed by atoms with van der Waals surface area (Å²) in [6.45, 7) is 6.04. The lowest BCUT2D eigenvalue weighted by Crippen LogP contribution is -2.52. The molecule has 0 aromatic rings. The van der Waals surface area contributed by atoms with Crippen LogP contribution in [0, 0.1) is 11.8 Å². The number of carbonyl (C=O) groups is 4. The van der Waals surface area contributed by atoms with Crippen molar-refractivity contribution < 1.29 is 29.1 Å². The summed E-state index contributed by atoms with van der Waals surface area (Å²) in [7, 11) is 2.60. The van der Waals surface area contributed by atoms with E-state index in [-0.39, 0.29) is 17.9 Å². The number of nitrogens with zero attached hydrogens (tertiary/aromatic N) is 1. The fraction of sp³-hybridized carbons (Fsp3) is 0.778. The molecule has 0 radical (unpaired) electrons. The Labute approximate surface area is 170 Å². The molecule has 2 atom stereocenters. The number of carbonyl (C=O) groups excluding carboxylic acids is 4. The van der Waals surface area contributed by atoms with E-state index in [0.717, 1.165) is 12.2 Å². The number of thioether (sulfide) groups is 1. The number of urea groups is 1. The molecule has 162 valence electrons. The molecule has 0 saturated carbocycles. The number of hydroxylamine groups is 2. The summed E-state index contributed by atoms with van der Waals surface area (Å²) in [6, 6.07) is -2.18. The molecule has 3 N–H and O–H groups in total. The van der Waals surface area contributed by atoms with Crippen molar-refractivity contribution in [1.29, 1.82) is 0 Å². The predicted octanol–water partition coefficient (Wildman–Crippen LogP) is 1.79. The molecule has 0 bridgehead atoms. The van der Waals surface area contributed by atoms with E-state index in [1.165, 1.54) is 14.2 Å². The van der Waals surface area contributed by atoms with E-state index >= 15 is 0 Å². The molecule has 10 heteroatoms. The van der Waals surface area contributed by atoms with E-state index in [9.17, 15) is 24.4 Å². The van der Waals surface area contributed by atoms with E-state index in [2.05, 4.69) is 15.4 Å². The Bertz CT molecular complexity index is 529. The van der Waals surface area contributed by atoms with Crippen LogP contribution >= 0.6 is 11.8 Å². The van der Waals surface area contributed by atoms with Gasteiger partial charge in [0.2, 0.25) is 5.91 Å². The number of amides is 4. The van der Waals surface area contributed by atoms with Crippen molar-refractivity contribution in [1.82, 2.24) is 15.7 Å². The molecule has 9 nitrogen and oxygen atoms in total. The second-order valence-electron chi connectivity index (χ2n) is 6.71. The highest BCUT2D eigenvalue weighted by Gasteiger charge is 2.30. The summed E-state index contributed by atoms with van der Waals surface area (Å²) in [5.41, 5.74) is 0. The Hall–Kier alpha value is -1.81. The average Bonchev–Trinajstić information content (AvgIpc) is 2.68. The smallest absolute Gasteiger partial charge is 0.349 e. The number of rotatable bonds is 12. The summed E-state index contributed by atoms with van der Waals surface area (Å²) >= 11 is 1.56. The van der Waals surface area contributed by atoms with E-state index in [0.29, 0.717) is 18.1 Å². The summed E-state index contributed by atoms with van der Waals surface area (Å²) in [4.78, 5) is 48.1. The van der Waals surface area contributed by atoms with Crippen molar-refractivity contribution >= 4 is 35.6 Å². The van der Waals surface area contributed by atoms with Crippen LogP contribution < -0.4 is 10.6 Å². The van der Waals surface area contributed by atoms with Crippen LogP contribution in [0.5, 0.6) is 0 Å². The first-order valence-corrected chi connectivity index (χ1v) is 10.5. The molecule has 0 spiro atoms. The van der Waals surface area contributed by atoms with Crippen LogP contribution in [0.2, 0.25) is 0 Å². The highest BCUT2D eigenvalue weighted by atomic mass is 32.2. The van der Waals surface area contributed by atoms with Gasteiger partial charge in [-0.2, -0.15) is 11.8 Å². The lowest BCUT2D eigenvalue weighted by Gasteiger charge is -2.23. The molecule has 0 aromatic heterocycles. The minimum atomic E-state index is -1.10. The number of imide groups is 1. The van der Waals surface area contributed by atoms with Crippen molar-refractivity contribution in [3.63, 3.8) is 0 Å². The van der Waals surface area contributed by atoms with Gasteiger partial charge >= 0.3 is 12.0 Å². The molecule has 0 aliphatic rings. The van der Waals surface area contributed by atoms with Crippen molar-refractivity contribution in [2.75, 3.05) is 25.7 Å². The highest BCUT2D eigenvalue weighted by Crippen LogP contribution is 2.19. The van der Waals surface area contributed by atoms with Gasteiger partial charge in [-0.15, -0.1) is 5.06 Å². The average molecular weight is 420 g/mol. The van der Waals surface area contributed by atoms with Crippen molar-refractivity contribution in [2.45, 2.75) is 52.5 Å². The number of hydrogen-bond donors (Lipinski definition) is 3. The standard InChI is InChI=1S/C18H33N3O6S/c1-6-28-11-13(8-7-12(2)3)17(24)21(26)18(25)20-14(16(23)19-4)9-10-15(22)27-5/h12-14,26H,6-11H2,1-5H3,(H,19,23)(H,20,25)/t13-,14+/m1/s1. The highest BCUT2D eigenvalue weighted by molar-refractivity contribution is 7.99. The first-order valence-electron chi connectivity index (χ1n) is 9.37. The lowest BCUT2D eigenvalue weighted by atomic mass is 9.98. The molecule has 4 amide bonds. The molecule has 0 saturated heterocycles. The molecule has 0 aliphatic carbocycles. The van der Waals surface area contributed by atoms with E-state index in [4.69, 9.17) is 0 Å². The number of hydrogen-bond acceptors (Lipinski definition) is 7. The zero-order chi connectivity index (χ0) is 21.7. The predicted molar refractivity (Wildman–Crippen MR) is 107 cm³/mol. The fourth-order valence-electron chi connectivity index (χ4n) is 2.36. The fourth-order valence-corrected chi connectivity index (χ4v) is 3.19. The zero-order valence-corrected chi connectivity index (χ0v) is 18.1. The van der Waals surface area contributed by atoms with E-state index in [1.54, 1.807) is 11.8 Å². The molecular weight excluding hydrogens is 386 g/mol. The number of esters is 1. The molecule has 0 rings (SSSR count). The first-order chi connectivity index (χ1) is 13.2. The Kier molecular flexibility index (Phi) is 13.3. The van der Waals surface area contributed by atoms with Gasteiger partial charge in [0, 0.05) is 25.1 Å². The summed E-state index contributed by atoms with van der Waals surface area (Å²) in [5.74, 6) is -0.595. The van der Waals surface area contributed by atoms with E-state index < -0.39 is 35.8 Å². The largest absolute Gasteiger partial charge is 0.469 e. The van der Waals surface area contributed by atoms with Crippen molar-refractivity contribution in [2.24, 2.45) is 11.8 Å². The molecule has 0 fully saturated rings. The Morgan fingerprint density at radius 3 is 2.29 bits per heavy atom. The summed E-state index contributed by atoms with van der Waals surface area (Å²) < 4.78 is 4.52. The topological polar surface area (TPSA) is 125 Å².